The van der Waals surface area contributed by atoms with Gasteiger partial charge < -0.3 is 17.2 Å². The van der Waals surface area contributed by atoms with Crippen molar-refractivity contribution in [2.45, 2.75) is 18.1 Å². The second-order valence-corrected chi connectivity index (χ2v) is 6.97. The molecule has 0 N–H and O–H groups in total. The smallest absolute Gasteiger partial charge is 0.310 e. The Hall–Kier alpha value is -3.18. The second kappa shape index (κ2) is 6.21. The first-order valence-electron chi connectivity index (χ1n) is 8.92. The first kappa shape index (κ1) is 16.0. The zero-order chi connectivity index (χ0) is 18.4. The van der Waals surface area contributed by atoms with Gasteiger partial charge in [-0.05, 0) is 24.3 Å². The third kappa shape index (κ3) is 2.43. The summed E-state index contributed by atoms with van der Waals surface area (Å²) in [6.45, 7) is 1.54. The number of aryl methyl sites for hydroxylation is 1. The summed E-state index contributed by atoms with van der Waals surface area (Å²) in [5, 5.41) is 0.555. The summed E-state index contributed by atoms with van der Waals surface area (Å²) in [6, 6.07) is 23.5. The predicted molar refractivity (Wildman–Crippen MR) is 105 cm³/mol. The largest absolute Gasteiger partial charge is 0.733 e. The van der Waals surface area contributed by atoms with Gasteiger partial charge in [0, 0.05) is 16.8 Å². The number of rotatable bonds is 3. The van der Waals surface area contributed by atoms with Crippen molar-refractivity contribution in [1.29, 1.82) is 0 Å². The second-order valence-electron chi connectivity index (χ2n) is 6.58. The Balaban J connectivity index is 1.81. The molecule has 27 heavy (non-hydrogen) atoms. The normalized spacial score (nSPS) is 12.4. The Bertz CT molecular complexity index is 1140. The third-order valence-corrected chi connectivity index (χ3v) is 5.41. The van der Waals surface area contributed by atoms with Gasteiger partial charge in [-0.2, -0.15) is 0 Å². The number of para-hydroxylation sites is 1. The van der Waals surface area contributed by atoms with Crippen molar-refractivity contribution in [2.24, 2.45) is 0 Å². The van der Waals surface area contributed by atoms with Crippen LogP contribution >= 0.6 is 0 Å². The highest BCUT2D eigenvalue weighted by molar-refractivity contribution is 7.58. The predicted octanol–water partition coefficient (Wildman–Crippen LogP) is 3.38. The van der Waals surface area contributed by atoms with Gasteiger partial charge in [-0.3, -0.25) is 4.79 Å². The third-order valence-electron chi connectivity index (χ3n) is 5.03. The van der Waals surface area contributed by atoms with E-state index in [1.807, 2.05) is 71.3 Å². The molecule has 0 saturated carbocycles. The van der Waals surface area contributed by atoms with Crippen LogP contribution in [-0.2, 0) is 25.7 Å². The molecule has 4 nitrogen and oxygen atoms in total. The number of nitrogens with zero attached hydrogens (tertiary/aromatic N) is 3. The van der Waals surface area contributed by atoms with E-state index in [9.17, 15) is 4.79 Å². The van der Waals surface area contributed by atoms with E-state index in [2.05, 4.69) is 21.4 Å². The molecule has 5 rings (SSSR count). The lowest BCUT2D eigenvalue weighted by molar-refractivity contribution is -0.692. The van der Waals surface area contributed by atoms with Crippen molar-refractivity contribution in [1.82, 2.24) is 9.13 Å². The Morgan fingerprint density at radius 1 is 0.926 bits per heavy atom. The van der Waals surface area contributed by atoms with Gasteiger partial charge in [-0.25, -0.2) is 9.13 Å². The van der Waals surface area contributed by atoms with Gasteiger partial charge in [-0.1, -0.05) is 48.5 Å². The molecule has 0 radical (unpaired) electrons. The number of ketones is 1. The van der Waals surface area contributed by atoms with Crippen LogP contribution in [0, 0.1) is 0 Å². The van der Waals surface area contributed by atoms with Gasteiger partial charge in [0.05, 0.1) is 6.54 Å². The molecule has 0 fully saturated rings. The summed E-state index contributed by atoms with van der Waals surface area (Å²) in [5.41, 5.74) is 3.28. The summed E-state index contributed by atoms with van der Waals surface area (Å²) >= 11 is 5.83. The molecule has 0 aliphatic carbocycles. The SMILES string of the molecule is O=C(c1ccccc1)c1c([S-])n(-c2ccccc2)c2[n+]1CCn1cccc1-2. The van der Waals surface area contributed by atoms with Crippen LogP contribution in [0.3, 0.4) is 0 Å². The van der Waals surface area contributed by atoms with Crippen LogP contribution in [0.2, 0.25) is 0 Å². The minimum Gasteiger partial charge on any atom is -0.733 e. The zero-order valence-electron chi connectivity index (χ0n) is 14.6. The number of carbonyl (C=O) groups is 1. The number of imidazole rings is 1. The standard InChI is InChI=1S/C22H17N3OS/c26-20(16-8-3-1-4-9-16)19-22(27)25(17-10-5-2-6-11-17)21-18-12-7-13-23(18)14-15-24(19)21/h1-13H,14-15H2. The van der Waals surface area contributed by atoms with Gasteiger partial charge in [0.1, 0.15) is 17.9 Å². The number of fused-ring (bicyclic) bond motifs is 3. The molecule has 0 spiro atoms. The summed E-state index contributed by atoms with van der Waals surface area (Å²) in [5.74, 6) is 0.929. The average molecular weight is 371 g/mol. The van der Waals surface area contributed by atoms with Crippen LogP contribution in [0.25, 0.3) is 17.2 Å². The minimum atomic E-state index is -0.0310. The van der Waals surface area contributed by atoms with Gasteiger partial charge in [0.2, 0.25) is 5.78 Å². The van der Waals surface area contributed by atoms with Crippen LogP contribution in [0.1, 0.15) is 16.1 Å². The lowest BCUT2D eigenvalue weighted by Crippen LogP contribution is -2.45. The quantitative estimate of drug-likeness (QED) is 0.314. The van der Waals surface area contributed by atoms with Crippen LogP contribution in [0.15, 0.2) is 84.0 Å². The topological polar surface area (TPSA) is 30.8 Å². The van der Waals surface area contributed by atoms with Gasteiger partial charge in [0.15, 0.2) is 5.69 Å². The molecule has 5 heteroatoms. The molecular weight excluding hydrogens is 354 g/mol. The summed E-state index contributed by atoms with van der Waals surface area (Å²) < 4.78 is 6.32. The van der Waals surface area contributed by atoms with Gasteiger partial charge in [0.25, 0.3) is 0 Å². The Morgan fingerprint density at radius 3 is 2.37 bits per heavy atom. The molecule has 0 unspecified atom stereocenters. The lowest BCUT2D eigenvalue weighted by atomic mass is 10.1. The molecule has 2 aromatic carbocycles. The Kier molecular flexibility index (Phi) is 3.69. The summed E-state index contributed by atoms with van der Waals surface area (Å²) in [7, 11) is 0. The fourth-order valence-corrected chi connectivity index (χ4v) is 4.19. The van der Waals surface area contributed by atoms with Crippen molar-refractivity contribution < 1.29 is 9.36 Å². The lowest BCUT2D eigenvalue weighted by Gasteiger charge is -2.15. The number of carbonyl (C=O) groups excluding carboxylic acids is 1. The molecule has 0 saturated heterocycles. The van der Waals surface area contributed by atoms with E-state index >= 15 is 0 Å². The van der Waals surface area contributed by atoms with Gasteiger partial charge in [-0.15, -0.1) is 0 Å². The van der Waals surface area contributed by atoms with Crippen molar-refractivity contribution >= 4 is 18.4 Å². The van der Waals surface area contributed by atoms with Crippen molar-refractivity contribution in [3.8, 4) is 17.2 Å². The van der Waals surface area contributed by atoms with Crippen LogP contribution in [0.4, 0.5) is 0 Å². The Labute approximate surface area is 162 Å². The average Bonchev–Trinajstić information content (AvgIpc) is 3.30. The minimum absolute atomic E-state index is 0.0310. The Morgan fingerprint density at radius 2 is 1.63 bits per heavy atom. The molecule has 0 atom stereocenters. The monoisotopic (exact) mass is 371 g/mol. The molecule has 2 aromatic heterocycles. The van der Waals surface area contributed by atoms with E-state index < -0.39 is 0 Å². The van der Waals surface area contributed by atoms with Crippen molar-refractivity contribution in [3.63, 3.8) is 0 Å². The van der Waals surface area contributed by atoms with Crippen LogP contribution < -0.4 is 4.57 Å². The molecule has 4 aromatic rings. The number of aromatic nitrogens is 3. The maximum absolute atomic E-state index is 13.3. The fourth-order valence-electron chi connectivity index (χ4n) is 3.80. The number of hydrogen-bond acceptors (Lipinski definition) is 2. The first-order valence-corrected chi connectivity index (χ1v) is 9.33. The molecular formula is C22H17N3OS. The molecule has 1 aliphatic heterocycles. The highest BCUT2D eigenvalue weighted by Crippen LogP contribution is 2.29. The molecule has 3 heterocycles. The van der Waals surface area contributed by atoms with Crippen molar-refractivity contribution in [2.75, 3.05) is 0 Å². The van der Waals surface area contributed by atoms with E-state index in [1.165, 1.54) is 0 Å². The van der Waals surface area contributed by atoms with Crippen LogP contribution in [-0.4, -0.2) is 14.9 Å². The van der Waals surface area contributed by atoms with E-state index in [1.54, 1.807) is 0 Å². The summed E-state index contributed by atoms with van der Waals surface area (Å²) in [4.78, 5) is 13.3. The van der Waals surface area contributed by atoms with Crippen molar-refractivity contribution in [3.05, 3.63) is 90.3 Å². The maximum atomic E-state index is 13.3. The van der Waals surface area contributed by atoms with Gasteiger partial charge >= 0.3 is 5.82 Å². The van der Waals surface area contributed by atoms with Crippen LogP contribution in [0.5, 0.6) is 0 Å². The zero-order valence-corrected chi connectivity index (χ0v) is 15.4. The molecule has 132 valence electrons. The van der Waals surface area contributed by atoms with E-state index in [-0.39, 0.29) is 5.78 Å². The fraction of sp³-hybridized carbons (Fsp3) is 0.0909. The van der Waals surface area contributed by atoms with E-state index in [0.717, 1.165) is 23.8 Å². The number of benzene rings is 2. The number of hydrogen-bond donors (Lipinski definition) is 0. The molecule has 0 bridgehead atoms. The highest BCUT2D eigenvalue weighted by atomic mass is 32.1. The maximum Gasteiger partial charge on any atom is 0.310 e. The molecule has 1 aliphatic rings. The highest BCUT2D eigenvalue weighted by Gasteiger charge is 2.35. The summed E-state index contributed by atoms with van der Waals surface area (Å²) in [6.07, 6.45) is 2.07. The van der Waals surface area contributed by atoms with E-state index in [0.29, 0.717) is 22.8 Å². The first-order chi connectivity index (χ1) is 13.3. The van der Waals surface area contributed by atoms with E-state index in [4.69, 9.17) is 12.6 Å². The molecule has 0 amide bonds.